The first-order chi connectivity index (χ1) is 18.1. The lowest BCUT2D eigenvalue weighted by atomic mass is 9.95. The molecule has 0 bridgehead atoms. The molecule has 0 unspecified atom stereocenters. The van der Waals surface area contributed by atoms with Gasteiger partial charge in [-0.3, -0.25) is 4.79 Å². The van der Waals surface area contributed by atoms with Crippen molar-refractivity contribution in [1.29, 1.82) is 0 Å². The first kappa shape index (κ1) is 23.1. The largest absolute Gasteiger partial charge is 0.311 e. The summed E-state index contributed by atoms with van der Waals surface area (Å²) >= 11 is 0. The molecule has 5 aromatic rings. The quantitative estimate of drug-likeness (QED) is 0.231. The van der Waals surface area contributed by atoms with E-state index in [1.165, 1.54) is 0 Å². The highest BCUT2D eigenvalue weighted by atomic mass is 16.2. The monoisotopic (exact) mass is 482 g/mol. The summed E-state index contributed by atoms with van der Waals surface area (Å²) in [5, 5.41) is 2.21. The van der Waals surface area contributed by atoms with E-state index >= 15 is 0 Å². The fourth-order valence-electron chi connectivity index (χ4n) is 5.30. The van der Waals surface area contributed by atoms with E-state index in [2.05, 4.69) is 110 Å². The van der Waals surface area contributed by atoms with Gasteiger partial charge in [-0.1, -0.05) is 80.6 Å². The maximum absolute atomic E-state index is 13.2. The lowest BCUT2D eigenvalue weighted by molar-refractivity contribution is 0.0992. The van der Waals surface area contributed by atoms with Gasteiger partial charge in [0.15, 0.2) is 0 Å². The standard InChI is InChI=1S/C34H30N2O/c1-24(2)22-23-35-32-21-20-29(30-14-9-15-31(33(30)32)34(35)37)25-16-18-28(19-17-25)36(26-10-5-3-6-11-26)27-12-7-4-8-13-27/h3-21,24H,22-23H2,1-2H3. The lowest BCUT2D eigenvalue weighted by Crippen LogP contribution is -2.28. The highest BCUT2D eigenvalue weighted by Gasteiger charge is 2.30. The van der Waals surface area contributed by atoms with Gasteiger partial charge in [0.1, 0.15) is 0 Å². The van der Waals surface area contributed by atoms with Gasteiger partial charge in [-0.25, -0.2) is 0 Å². The number of nitrogens with zero attached hydrogens (tertiary/aromatic N) is 2. The lowest BCUT2D eigenvalue weighted by Gasteiger charge is -2.25. The predicted octanol–water partition coefficient (Wildman–Crippen LogP) is 8.98. The van der Waals surface area contributed by atoms with Crippen molar-refractivity contribution in [3.63, 3.8) is 0 Å². The van der Waals surface area contributed by atoms with Crippen LogP contribution in [0.25, 0.3) is 21.9 Å². The Labute approximate surface area is 218 Å². The molecule has 0 N–H and O–H groups in total. The molecule has 0 atom stereocenters. The van der Waals surface area contributed by atoms with Crippen LogP contribution >= 0.6 is 0 Å². The smallest absolute Gasteiger partial charge is 0.258 e. The first-order valence-electron chi connectivity index (χ1n) is 13.0. The molecule has 5 aromatic carbocycles. The van der Waals surface area contributed by atoms with Gasteiger partial charge >= 0.3 is 0 Å². The Balaban J connectivity index is 1.40. The molecular weight excluding hydrogens is 452 g/mol. The van der Waals surface area contributed by atoms with Crippen molar-refractivity contribution in [3.05, 3.63) is 121 Å². The van der Waals surface area contributed by atoms with E-state index in [4.69, 9.17) is 0 Å². The Morgan fingerprint density at radius 1 is 0.649 bits per heavy atom. The van der Waals surface area contributed by atoms with Crippen LogP contribution in [0.5, 0.6) is 0 Å². The van der Waals surface area contributed by atoms with Gasteiger partial charge in [0.2, 0.25) is 0 Å². The Morgan fingerprint density at radius 2 is 1.27 bits per heavy atom. The molecule has 1 heterocycles. The molecule has 1 aliphatic heterocycles. The van der Waals surface area contributed by atoms with Gasteiger partial charge in [0.25, 0.3) is 5.91 Å². The van der Waals surface area contributed by atoms with Crippen molar-refractivity contribution in [2.75, 3.05) is 16.3 Å². The highest BCUT2D eigenvalue weighted by molar-refractivity contribution is 6.26. The SMILES string of the molecule is CC(C)CCN1C(=O)c2cccc3c(-c4ccc(N(c5ccccc5)c5ccccc5)cc4)ccc1c23. The molecule has 3 nitrogen and oxygen atoms in total. The average Bonchev–Trinajstić information content (AvgIpc) is 3.21. The minimum absolute atomic E-state index is 0.120. The molecule has 0 spiro atoms. The van der Waals surface area contributed by atoms with Crippen LogP contribution in [0.3, 0.4) is 0 Å². The molecule has 0 aliphatic carbocycles. The van der Waals surface area contributed by atoms with E-state index in [-0.39, 0.29) is 5.91 Å². The van der Waals surface area contributed by atoms with Crippen LogP contribution < -0.4 is 9.80 Å². The summed E-state index contributed by atoms with van der Waals surface area (Å²) in [6.07, 6.45) is 0.990. The number of amides is 1. The summed E-state index contributed by atoms with van der Waals surface area (Å²) in [6, 6.07) is 40.0. The van der Waals surface area contributed by atoms with Crippen LogP contribution in [0, 0.1) is 5.92 Å². The van der Waals surface area contributed by atoms with Crippen molar-refractivity contribution in [2.45, 2.75) is 20.3 Å². The average molecular weight is 483 g/mol. The molecule has 6 rings (SSSR count). The van der Waals surface area contributed by atoms with E-state index in [0.29, 0.717) is 5.92 Å². The number of benzene rings is 5. The van der Waals surface area contributed by atoms with Crippen LogP contribution in [-0.4, -0.2) is 12.5 Å². The third kappa shape index (κ3) is 4.17. The molecule has 0 radical (unpaired) electrons. The van der Waals surface area contributed by atoms with Gasteiger partial charge in [-0.2, -0.15) is 0 Å². The summed E-state index contributed by atoms with van der Waals surface area (Å²) in [6.45, 7) is 5.16. The number of carbonyl (C=O) groups is 1. The second kappa shape index (κ2) is 9.59. The number of carbonyl (C=O) groups excluding carboxylic acids is 1. The van der Waals surface area contributed by atoms with Crippen LogP contribution in [0.15, 0.2) is 115 Å². The van der Waals surface area contributed by atoms with Crippen molar-refractivity contribution >= 4 is 39.4 Å². The molecule has 0 aromatic heterocycles. The Bertz CT molecular complexity index is 1520. The van der Waals surface area contributed by atoms with Gasteiger partial charge in [-0.15, -0.1) is 0 Å². The zero-order valence-electron chi connectivity index (χ0n) is 21.3. The topological polar surface area (TPSA) is 23.6 Å². The normalized spacial score (nSPS) is 12.5. The molecule has 0 fully saturated rings. The van der Waals surface area contributed by atoms with Crippen molar-refractivity contribution < 1.29 is 4.79 Å². The van der Waals surface area contributed by atoms with Crippen LogP contribution in [0.2, 0.25) is 0 Å². The zero-order chi connectivity index (χ0) is 25.4. The number of rotatable bonds is 7. The summed E-state index contributed by atoms with van der Waals surface area (Å²) in [5.41, 5.74) is 7.48. The molecule has 1 aliphatic rings. The fraction of sp³-hybridized carbons (Fsp3) is 0.147. The summed E-state index contributed by atoms with van der Waals surface area (Å²) in [7, 11) is 0. The van der Waals surface area contributed by atoms with Gasteiger partial charge in [-0.05, 0) is 77.4 Å². The number of anilines is 4. The van der Waals surface area contributed by atoms with E-state index in [1.807, 2.05) is 29.2 Å². The molecule has 37 heavy (non-hydrogen) atoms. The first-order valence-corrected chi connectivity index (χ1v) is 13.0. The fourth-order valence-corrected chi connectivity index (χ4v) is 5.30. The van der Waals surface area contributed by atoms with E-state index in [1.54, 1.807) is 0 Å². The van der Waals surface area contributed by atoms with Gasteiger partial charge in [0.05, 0.1) is 5.69 Å². The maximum Gasteiger partial charge on any atom is 0.258 e. The van der Waals surface area contributed by atoms with Crippen LogP contribution in [0.4, 0.5) is 22.7 Å². The second-order valence-corrected chi connectivity index (χ2v) is 10.1. The minimum atomic E-state index is 0.120. The molecule has 0 saturated carbocycles. The Kier molecular flexibility index (Phi) is 5.97. The molecule has 1 amide bonds. The van der Waals surface area contributed by atoms with Gasteiger partial charge in [0, 0.05) is 34.6 Å². The van der Waals surface area contributed by atoms with Crippen molar-refractivity contribution in [1.82, 2.24) is 0 Å². The minimum Gasteiger partial charge on any atom is -0.311 e. The number of hydrogen-bond acceptors (Lipinski definition) is 2. The molecule has 3 heteroatoms. The number of hydrogen-bond donors (Lipinski definition) is 0. The van der Waals surface area contributed by atoms with Gasteiger partial charge < -0.3 is 9.80 Å². The maximum atomic E-state index is 13.2. The predicted molar refractivity (Wildman–Crippen MR) is 155 cm³/mol. The Morgan fingerprint density at radius 3 is 1.89 bits per heavy atom. The molecular formula is C34H30N2O. The third-order valence-electron chi connectivity index (χ3n) is 7.18. The summed E-state index contributed by atoms with van der Waals surface area (Å²) < 4.78 is 0. The van der Waals surface area contributed by atoms with E-state index in [0.717, 1.165) is 63.2 Å². The Hall–Kier alpha value is -4.37. The molecule has 0 saturated heterocycles. The van der Waals surface area contributed by atoms with E-state index < -0.39 is 0 Å². The van der Waals surface area contributed by atoms with Crippen molar-refractivity contribution in [2.24, 2.45) is 5.92 Å². The summed E-state index contributed by atoms with van der Waals surface area (Å²) in [4.78, 5) is 17.5. The zero-order valence-corrected chi connectivity index (χ0v) is 21.3. The molecule has 182 valence electrons. The number of para-hydroxylation sites is 2. The van der Waals surface area contributed by atoms with Crippen molar-refractivity contribution in [3.8, 4) is 11.1 Å². The highest BCUT2D eigenvalue weighted by Crippen LogP contribution is 2.43. The summed E-state index contributed by atoms with van der Waals surface area (Å²) in [5.74, 6) is 0.672. The van der Waals surface area contributed by atoms with E-state index in [9.17, 15) is 4.79 Å². The van der Waals surface area contributed by atoms with Crippen LogP contribution in [0.1, 0.15) is 30.6 Å². The second-order valence-electron chi connectivity index (χ2n) is 10.1. The van der Waals surface area contributed by atoms with Crippen LogP contribution in [-0.2, 0) is 0 Å². The third-order valence-corrected chi connectivity index (χ3v) is 7.18.